The van der Waals surface area contributed by atoms with Gasteiger partial charge in [-0.1, -0.05) is 6.92 Å². The van der Waals surface area contributed by atoms with Crippen LogP contribution in [0.4, 0.5) is 0 Å². The van der Waals surface area contributed by atoms with Gasteiger partial charge in [-0.15, -0.1) is 0 Å². The van der Waals surface area contributed by atoms with E-state index in [1.165, 1.54) is 0 Å². The third kappa shape index (κ3) is 5.17. The van der Waals surface area contributed by atoms with Gasteiger partial charge in [-0.25, -0.2) is 0 Å². The molecule has 0 bridgehead atoms. The van der Waals surface area contributed by atoms with E-state index in [1.807, 2.05) is 11.8 Å². The predicted octanol–water partition coefficient (Wildman–Crippen LogP) is 0.0668. The van der Waals surface area contributed by atoms with Gasteiger partial charge in [0.05, 0.1) is 6.54 Å². The molecule has 5 nitrogen and oxygen atoms in total. The van der Waals surface area contributed by atoms with Gasteiger partial charge in [0.15, 0.2) is 0 Å². The monoisotopic (exact) mass is 241 g/mol. The second-order valence-corrected chi connectivity index (χ2v) is 4.49. The Kier molecular flexibility index (Phi) is 5.97. The van der Waals surface area contributed by atoms with Gasteiger partial charge < -0.3 is 10.2 Å². The normalized spacial score (nSPS) is 17.6. The average Bonchev–Trinajstić information content (AvgIpc) is 2.52. The molecular weight excluding hydrogens is 218 g/mol. The average molecular weight is 241 g/mol. The quantitative estimate of drug-likeness (QED) is 0.757. The van der Waals surface area contributed by atoms with Crippen LogP contribution in [0.5, 0.6) is 0 Å². The summed E-state index contributed by atoms with van der Waals surface area (Å²) in [6, 6.07) is 0. The molecule has 98 valence electrons. The SMILES string of the molecule is CCCNC(=O)CN1CCCN(C(C)=O)CC1. The minimum Gasteiger partial charge on any atom is -0.355 e. The summed E-state index contributed by atoms with van der Waals surface area (Å²) in [4.78, 5) is 26.8. The standard InChI is InChI=1S/C12H23N3O2/c1-3-5-13-12(17)10-14-6-4-7-15(9-8-14)11(2)16/h3-10H2,1-2H3,(H,13,17). The summed E-state index contributed by atoms with van der Waals surface area (Å²) < 4.78 is 0. The van der Waals surface area contributed by atoms with Crippen LogP contribution in [0.1, 0.15) is 26.7 Å². The fraction of sp³-hybridized carbons (Fsp3) is 0.833. The molecule has 0 radical (unpaired) electrons. The van der Waals surface area contributed by atoms with E-state index >= 15 is 0 Å². The summed E-state index contributed by atoms with van der Waals surface area (Å²) in [6.07, 6.45) is 1.91. The first-order valence-corrected chi connectivity index (χ1v) is 6.38. The maximum Gasteiger partial charge on any atom is 0.234 e. The summed E-state index contributed by atoms with van der Waals surface area (Å²) in [6.45, 7) is 8.06. The lowest BCUT2D eigenvalue weighted by Gasteiger charge is -2.20. The Balaban J connectivity index is 2.31. The molecule has 0 atom stereocenters. The lowest BCUT2D eigenvalue weighted by molar-refractivity contribution is -0.128. The van der Waals surface area contributed by atoms with E-state index < -0.39 is 0 Å². The summed E-state index contributed by atoms with van der Waals surface area (Å²) >= 11 is 0. The van der Waals surface area contributed by atoms with Crippen LogP contribution in [0.15, 0.2) is 0 Å². The highest BCUT2D eigenvalue weighted by molar-refractivity contribution is 5.78. The Morgan fingerprint density at radius 1 is 1.18 bits per heavy atom. The predicted molar refractivity (Wildman–Crippen MR) is 66.6 cm³/mol. The number of hydrogen-bond donors (Lipinski definition) is 1. The van der Waals surface area contributed by atoms with Crippen molar-refractivity contribution in [2.24, 2.45) is 0 Å². The van der Waals surface area contributed by atoms with Gasteiger partial charge in [0.2, 0.25) is 11.8 Å². The molecule has 0 aromatic heterocycles. The zero-order chi connectivity index (χ0) is 12.7. The van der Waals surface area contributed by atoms with E-state index in [0.717, 1.165) is 45.6 Å². The van der Waals surface area contributed by atoms with E-state index in [-0.39, 0.29) is 11.8 Å². The van der Waals surface area contributed by atoms with Crippen molar-refractivity contribution in [3.63, 3.8) is 0 Å². The van der Waals surface area contributed by atoms with Crippen LogP contribution in [-0.4, -0.2) is 60.9 Å². The first-order chi connectivity index (χ1) is 8.13. The summed E-state index contributed by atoms with van der Waals surface area (Å²) in [5.41, 5.74) is 0. The minimum atomic E-state index is 0.0862. The number of nitrogens with one attached hydrogen (secondary N) is 1. The largest absolute Gasteiger partial charge is 0.355 e. The highest BCUT2D eigenvalue weighted by Gasteiger charge is 2.17. The van der Waals surface area contributed by atoms with E-state index in [2.05, 4.69) is 10.2 Å². The smallest absolute Gasteiger partial charge is 0.234 e. The van der Waals surface area contributed by atoms with Crippen molar-refractivity contribution in [2.45, 2.75) is 26.7 Å². The second-order valence-electron chi connectivity index (χ2n) is 4.49. The van der Waals surface area contributed by atoms with Gasteiger partial charge in [-0.3, -0.25) is 14.5 Å². The first kappa shape index (κ1) is 14.0. The van der Waals surface area contributed by atoms with Crippen molar-refractivity contribution in [3.8, 4) is 0 Å². The lowest BCUT2D eigenvalue weighted by atomic mass is 10.3. The fourth-order valence-corrected chi connectivity index (χ4v) is 1.97. The van der Waals surface area contributed by atoms with Crippen molar-refractivity contribution in [2.75, 3.05) is 39.3 Å². The Morgan fingerprint density at radius 3 is 2.59 bits per heavy atom. The minimum absolute atomic E-state index is 0.0862. The van der Waals surface area contributed by atoms with Gasteiger partial charge in [0.25, 0.3) is 0 Å². The number of rotatable bonds is 4. The van der Waals surface area contributed by atoms with E-state index in [0.29, 0.717) is 6.54 Å². The topological polar surface area (TPSA) is 52.7 Å². The summed E-state index contributed by atoms with van der Waals surface area (Å²) in [7, 11) is 0. The molecule has 5 heteroatoms. The van der Waals surface area contributed by atoms with Crippen molar-refractivity contribution >= 4 is 11.8 Å². The van der Waals surface area contributed by atoms with Gasteiger partial charge in [-0.2, -0.15) is 0 Å². The maximum absolute atomic E-state index is 11.6. The molecule has 1 fully saturated rings. The van der Waals surface area contributed by atoms with Crippen LogP contribution in [0.3, 0.4) is 0 Å². The van der Waals surface area contributed by atoms with E-state index in [9.17, 15) is 9.59 Å². The van der Waals surface area contributed by atoms with Crippen LogP contribution < -0.4 is 5.32 Å². The molecule has 17 heavy (non-hydrogen) atoms. The lowest BCUT2D eigenvalue weighted by Crippen LogP contribution is -2.39. The third-order valence-corrected chi connectivity index (χ3v) is 2.97. The van der Waals surface area contributed by atoms with Crippen molar-refractivity contribution in [3.05, 3.63) is 0 Å². The Labute approximate surface area is 103 Å². The molecular formula is C12H23N3O2. The van der Waals surface area contributed by atoms with Crippen LogP contribution in [0.25, 0.3) is 0 Å². The van der Waals surface area contributed by atoms with E-state index in [4.69, 9.17) is 0 Å². The van der Waals surface area contributed by atoms with Gasteiger partial charge >= 0.3 is 0 Å². The second kappa shape index (κ2) is 7.27. The zero-order valence-corrected chi connectivity index (χ0v) is 10.9. The molecule has 0 aliphatic carbocycles. The summed E-state index contributed by atoms with van der Waals surface area (Å²) in [5, 5.41) is 2.87. The number of hydrogen-bond acceptors (Lipinski definition) is 3. The Bertz CT molecular complexity index is 268. The maximum atomic E-state index is 11.6. The molecule has 0 spiro atoms. The molecule has 1 rings (SSSR count). The molecule has 0 unspecified atom stereocenters. The highest BCUT2D eigenvalue weighted by atomic mass is 16.2. The van der Waals surface area contributed by atoms with Crippen LogP contribution in [-0.2, 0) is 9.59 Å². The Hall–Kier alpha value is -1.10. The molecule has 1 heterocycles. The highest BCUT2D eigenvalue weighted by Crippen LogP contribution is 2.02. The van der Waals surface area contributed by atoms with Crippen LogP contribution in [0, 0.1) is 0 Å². The number of carbonyl (C=O) groups is 2. The number of carbonyl (C=O) groups excluding carboxylic acids is 2. The van der Waals surface area contributed by atoms with Crippen molar-refractivity contribution < 1.29 is 9.59 Å². The number of nitrogens with zero attached hydrogens (tertiary/aromatic N) is 2. The molecule has 0 saturated carbocycles. The van der Waals surface area contributed by atoms with Crippen LogP contribution >= 0.6 is 0 Å². The molecule has 1 aliphatic rings. The zero-order valence-electron chi connectivity index (χ0n) is 10.9. The van der Waals surface area contributed by atoms with Crippen molar-refractivity contribution in [1.82, 2.24) is 15.1 Å². The van der Waals surface area contributed by atoms with Gasteiger partial charge in [0, 0.05) is 39.6 Å². The summed E-state index contributed by atoms with van der Waals surface area (Å²) in [5.74, 6) is 0.213. The fourth-order valence-electron chi connectivity index (χ4n) is 1.97. The molecule has 0 aromatic rings. The first-order valence-electron chi connectivity index (χ1n) is 6.38. The van der Waals surface area contributed by atoms with Gasteiger partial charge in [-0.05, 0) is 12.8 Å². The third-order valence-electron chi connectivity index (χ3n) is 2.97. The number of amides is 2. The molecule has 2 amide bonds. The van der Waals surface area contributed by atoms with Crippen LogP contribution in [0.2, 0.25) is 0 Å². The molecule has 1 N–H and O–H groups in total. The molecule has 1 saturated heterocycles. The van der Waals surface area contributed by atoms with E-state index in [1.54, 1.807) is 6.92 Å². The molecule has 0 aromatic carbocycles. The van der Waals surface area contributed by atoms with Crippen molar-refractivity contribution in [1.29, 1.82) is 0 Å². The van der Waals surface area contributed by atoms with Gasteiger partial charge in [0.1, 0.15) is 0 Å². The molecule has 1 aliphatic heterocycles. The Morgan fingerprint density at radius 2 is 1.94 bits per heavy atom.